The van der Waals surface area contributed by atoms with Gasteiger partial charge in [0.25, 0.3) is 0 Å². The van der Waals surface area contributed by atoms with Gasteiger partial charge >= 0.3 is 18.3 Å². The Hall–Kier alpha value is -2.55. The molecule has 9 heteroatoms. The number of hydrogen-bond donors (Lipinski definition) is 1. The Kier molecular flexibility index (Phi) is 7.17. The lowest BCUT2D eigenvalue weighted by Crippen LogP contribution is -2.34. The van der Waals surface area contributed by atoms with E-state index in [-0.39, 0.29) is 29.9 Å². The van der Waals surface area contributed by atoms with E-state index in [1.807, 2.05) is 12.1 Å². The molecule has 0 radical (unpaired) electrons. The number of carboxylic acid groups (broad SMARTS) is 1. The molecule has 3 atom stereocenters. The summed E-state index contributed by atoms with van der Waals surface area (Å²) < 4.78 is 84.6. The third-order valence-electron chi connectivity index (χ3n) is 5.70. The van der Waals surface area contributed by atoms with Crippen molar-refractivity contribution in [2.45, 2.75) is 56.7 Å². The fraction of sp³-hybridized carbons (Fsp3) is 0.435. The highest BCUT2D eigenvalue weighted by Crippen LogP contribution is 2.42. The summed E-state index contributed by atoms with van der Waals surface area (Å²) in [7, 11) is 0. The van der Waals surface area contributed by atoms with Crippen molar-refractivity contribution in [3.05, 3.63) is 70.8 Å². The van der Waals surface area contributed by atoms with Crippen LogP contribution in [0.1, 0.15) is 53.9 Å². The summed E-state index contributed by atoms with van der Waals surface area (Å²) in [5, 5.41) is 9.28. The molecule has 0 aliphatic heterocycles. The third kappa shape index (κ3) is 6.03. The molecule has 1 saturated carbocycles. The Labute approximate surface area is 181 Å². The highest BCUT2D eigenvalue weighted by molar-refractivity contribution is 5.67. The number of aliphatic carboxylic acids is 1. The third-order valence-corrected chi connectivity index (χ3v) is 5.70. The van der Waals surface area contributed by atoms with Gasteiger partial charge in [0, 0.05) is 12.3 Å². The molecule has 0 aromatic heterocycles. The molecule has 3 unspecified atom stereocenters. The summed E-state index contributed by atoms with van der Waals surface area (Å²) >= 11 is 0. The summed E-state index contributed by atoms with van der Waals surface area (Å²) in [4.78, 5) is 11.3. The van der Waals surface area contributed by atoms with Crippen LogP contribution in [-0.2, 0) is 28.5 Å². The lowest BCUT2D eigenvalue weighted by atomic mass is 9.72. The fourth-order valence-electron chi connectivity index (χ4n) is 4.35. The van der Waals surface area contributed by atoms with Gasteiger partial charge in [0.1, 0.15) is 0 Å². The number of benzene rings is 2. The van der Waals surface area contributed by atoms with Gasteiger partial charge in [-0.1, -0.05) is 36.8 Å². The van der Waals surface area contributed by atoms with Gasteiger partial charge in [-0.15, -0.1) is 0 Å². The summed E-state index contributed by atoms with van der Waals surface area (Å²) in [5.74, 6) is -1.54. The van der Waals surface area contributed by atoms with Crippen LogP contribution < -0.4 is 0 Å². The Balaban J connectivity index is 1.87. The van der Waals surface area contributed by atoms with Gasteiger partial charge in [-0.3, -0.25) is 4.79 Å². The lowest BCUT2D eigenvalue weighted by Gasteiger charge is -2.38. The fourth-order valence-corrected chi connectivity index (χ4v) is 4.35. The predicted octanol–water partition coefficient (Wildman–Crippen LogP) is 6.67. The SMILES string of the molecule is O=C(O)CC1CCCC(OCc2cc(C(F)(F)F)cc(C(F)(F)F)c2)C1c1ccccc1. The minimum atomic E-state index is -4.93. The standard InChI is InChI=1S/C23H22F6O3/c24-22(25,26)17-9-14(10-18(12-17)23(27,28)29)13-32-19-8-4-7-16(11-20(30)31)21(19)15-5-2-1-3-6-15/h1-3,5-6,9-10,12,16,19,21H,4,7-8,11,13H2,(H,30,31). The van der Waals surface area contributed by atoms with Crippen molar-refractivity contribution in [3.8, 4) is 0 Å². The van der Waals surface area contributed by atoms with Crippen molar-refractivity contribution in [3.63, 3.8) is 0 Å². The van der Waals surface area contributed by atoms with Crippen LogP contribution in [0.15, 0.2) is 48.5 Å². The zero-order valence-electron chi connectivity index (χ0n) is 16.9. The normalized spacial score (nSPS) is 22.0. The molecule has 1 N–H and O–H groups in total. The van der Waals surface area contributed by atoms with E-state index < -0.39 is 42.2 Å². The highest BCUT2D eigenvalue weighted by atomic mass is 19.4. The van der Waals surface area contributed by atoms with Crippen LogP contribution in [0.5, 0.6) is 0 Å². The molecule has 0 bridgehead atoms. The second kappa shape index (κ2) is 9.52. The Morgan fingerprint density at radius 1 is 0.938 bits per heavy atom. The number of ether oxygens (including phenoxy) is 1. The highest BCUT2D eigenvalue weighted by Gasteiger charge is 2.38. The summed E-state index contributed by atoms with van der Waals surface area (Å²) in [6.45, 7) is -0.444. The van der Waals surface area contributed by atoms with Crippen molar-refractivity contribution >= 4 is 5.97 Å². The molecule has 3 nitrogen and oxygen atoms in total. The van der Waals surface area contributed by atoms with Crippen molar-refractivity contribution in [1.29, 1.82) is 0 Å². The molecule has 2 aromatic carbocycles. The molecular formula is C23H22F6O3. The van der Waals surface area contributed by atoms with Crippen LogP contribution in [0.4, 0.5) is 26.3 Å². The molecule has 32 heavy (non-hydrogen) atoms. The van der Waals surface area contributed by atoms with Crippen LogP contribution in [0.25, 0.3) is 0 Å². The average Bonchev–Trinajstić information content (AvgIpc) is 2.71. The molecule has 1 fully saturated rings. The van der Waals surface area contributed by atoms with E-state index in [4.69, 9.17) is 4.74 Å². The second-order valence-corrected chi connectivity index (χ2v) is 7.99. The van der Waals surface area contributed by atoms with Crippen molar-refractivity contribution < 1.29 is 41.0 Å². The van der Waals surface area contributed by atoms with E-state index in [1.165, 1.54) is 0 Å². The summed E-state index contributed by atoms with van der Waals surface area (Å²) in [6.07, 6.45) is -8.66. The van der Waals surface area contributed by atoms with Crippen molar-refractivity contribution in [2.24, 2.45) is 5.92 Å². The first-order valence-corrected chi connectivity index (χ1v) is 10.1. The molecule has 1 aliphatic rings. The Morgan fingerprint density at radius 2 is 1.53 bits per heavy atom. The van der Waals surface area contributed by atoms with Crippen LogP contribution in [-0.4, -0.2) is 17.2 Å². The molecule has 0 spiro atoms. The monoisotopic (exact) mass is 460 g/mol. The zero-order valence-corrected chi connectivity index (χ0v) is 16.9. The number of hydrogen-bond acceptors (Lipinski definition) is 2. The minimum absolute atomic E-state index is 0.0831. The zero-order chi connectivity index (χ0) is 23.5. The van der Waals surface area contributed by atoms with E-state index >= 15 is 0 Å². The maximum atomic E-state index is 13.1. The van der Waals surface area contributed by atoms with Crippen LogP contribution in [0, 0.1) is 5.92 Å². The minimum Gasteiger partial charge on any atom is -0.481 e. The van der Waals surface area contributed by atoms with Crippen LogP contribution in [0.3, 0.4) is 0 Å². The first kappa shape index (κ1) is 24.1. The van der Waals surface area contributed by atoms with Crippen LogP contribution >= 0.6 is 0 Å². The second-order valence-electron chi connectivity index (χ2n) is 7.99. The lowest BCUT2D eigenvalue weighted by molar-refractivity contribution is -0.143. The molecule has 174 valence electrons. The van der Waals surface area contributed by atoms with Gasteiger partial charge in [0.2, 0.25) is 0 Å². The van der Waals surface area contributed by atoms with E-state index in [2.05, 4.69) is 0 Å². The van der Waals surface area contributed by atoms with E-state index in [0.29, 0.717) is 31.4 Å². The number of rotatable bonds is 6. The first-order valence-electron chi connectivity index (χ1n) is 10.1. The largest absolute Gasteiger partial charge is 0.481 e. The topological polar surface area (TPSA) is 46.5 Å². The van der Waals surface area contributed by atoms with Gasteiger partial charge in [-0.2, -0.15) is 26.3 Å². The van der Waals surface area contributed by atoms with E-state index in [9.17, 15) is 36.2 Å². The molecule has 0 amide bonds. The Morgan fingerprint density at radius 3 is 2.06 bits per heavy atom. The molecule has 2 aromatic rings. The molecule has 1 aliphatic carbocycles. The van der Waals surface area contributed by atoms with Gasteiger partial charge < -0.3 is 9.84 Å². The summed E-state index contributed by atoms with van der Waals surface area (Å²) in [6, 6.07) is 10.4. The molecule has 0 heterocycles. The molecule has 0 saturated heterocycles. The molecule has 3 rings (SSSR count). The summed E-state index contributed by atoms with van der Waals surface area (Å²) in [5.41, 5.74) is -2.18. The Bertz CT molecular complexity index is 891. The van der Waals surface area contributed by atoms with Gasteiger partial charge in [-0.25, -0.2) is 0 Å². The maximum Gasteiger partial charge on any atom is 0.416 e. The van der Waals surface area contributed by atoms with Crippen LogP contribution in [0.2, 0.25) is 0 Å². The van der Waals surface area contributed by atoms with Crippen molar-refractivity contribution in [1.82, 2.24) is 0 Å². The first-order chi connectivity index (χ1) is 14.9. The predicted molar refractivity (Wildman–Crippen MR) is 104 cm³/mol. The number of carboxylic acids is 1. The number of alkyl halides is 6. The number of halogens is 6. The average molecular weight is 460 g/mol. The quantitative estimate of drug-likeness (QED) is 0.490. The van der Waals surface area contributed by atoms with Gasteiger partial charge in [-0.05, 0) is 48.1 Å². The van der Waals surface area contributed by atoms with Crippen molar-refractivity contribution in [2.75, 3.05) is 0 Å². The van der Waals surface area contributed by atoms with Gasteiger partial charge in [0.05, 0.1) is 23.8 Å². The molecular weight excluding hydrogens is 438 g/mol. The number of carbonyl (C=O) groups is 1. The maximum absolute atomic E-state index is 13.1. The van der Waals surface area contributed by atoms with Gasteiger partial charge in [0.15, 0.2) is 0 Å². The smallest absolute Gasteiger partial charge is 0.416 e. The van der Waals surface area contributed by atoms with E-state index in [0.717, 1.165) is 5.56 Å². The van der Waals surface area contributed by atoms with E-state index in [1.54, 1.807) is 18.2 Å².